The number of carbonyl (C=O) groups is 1. The Morgan fingerprint density at radius 1 is 1.06 bits per heavy atom. The summed E-state index contributed by atoms with van der Waals surface area (Å²) in [5.41, 5.74) is 3.69. The van der Waals surface area contributed by atoms with Crippen LogP contribution in [0.5, 0.6) is 11.5 Å². The molecule has 3 heterocycles. The number of Topliss-reactive ketones (excluding diaryl/α,β-unsaturated/α-hetero) is 1. The maximum absolute atomic E-state index is 13.0. The van der Waals surface area contributed by atoms with Gasteiger partial charge in [-0.2, -0.15) is 0 Å². The molecule has 2 aliphatic heterocycles. The molecule has 0 aliphatic carbocycles. The zero-order valence-electron chi connectivity index (χ0n) is 17.6. The molecule has 2 aromatic carbocycles. The Bertz CT molecular complexity index is 1320. The lowest BCUT2D eigenvalue weighted by Gasteiger charge is -2.32. The van der Waals surface area contributed by atoms with Gasteiger partial charge in [0, 0.05) is 18.0 Å². The SMILES string of the molecule is COc1ccc(C2Cc3ccc(OC)c4occ(c34)CCN2C)c2c1C(=O)CS2(=O)=O. The third-order valence-electron chi connectivity index (χ3n) is 6.39. The van der Waals surface area contributed by atoms with Gasteiger partial charge in [0.1, 0.15) is 11.5 Å². The standard InChI is InChI=1S/C23H23NO6S/c1-24-9-8-14-11-30-22-19(29-3)6-4-13(20(14)22)10-16(24)15-5-7-18(28-2)21-17(25)12-31(26,27)23(15)21/h4-7,11,16H,8-10,12H2,1-3H3. The molecule has 0 N–H and O–H groups in total. The first kappa shape index (κ1) is 20.1. The van der Waals surface area contributed by atoms with Crippen molar-refractivity contribution in [3.63, 3.8) is 0 Å². The van der Waals surface area contributed by atoms with Crippen molar-refractivity contribution in [1.82, 2.24) is 4.90 Å². The van der Waals surface area contributed by atoms with Gasteiger partial charge in [0.05, 0.1) is 30.9 Å². The fraction of sp³-hybridized carbons (Fsp3) is 0.348. The van der Waals surface area contributed by atoms with Gasteiger partial charge in [-0.15, -0.1) is 0 Å². The summed E-state index contributed by atoms with van der Waals surface area (Å²) < 4.78 is 42.5. The van der Waals surface area contributed by atoms with E-state index in [4.69, 9.17) is 13.9 Å². The van der Waals surface area contributed by atoms with Crippen LogP contribution in [0.3, 0.4) is 0 Å². The van der Waals surface area contributed by atoms with Crippen LogP contribution in [0.2, 0.25) is 0 Å². The number of carbonyl (C=O) groups excluding carboxylic acids is 1. The van der Waals surface area contributed by atoms with Gasteiger partial charge in [-0.3, -0.25) is 9.69 Å². The van der Waals surface area contributed by atoms with E-state index >= 15 is 0 Å². The molecule has 1 unspecified atom stereocenters. The molecule has 2 aliphatic rings. The number of hydrogen-bond acceptors (Lipinski definition) is 7. The first-order chi connectivity index (χ1) is 14.9. The van der Waals surface area contributed by atoms with Gasteiger partial charge < -0.3 is 13.9 Å². The summed E-state index contributed by atoms with van der Waals surface area (Å²) in [6, 6.07) is 7.15. The van der Waals surface area contributed by atoms with Crippen molar-refractivity contribution in [3.8, 4) is 11.5 Å². The van der Waals surface area contributed by atoms with Gasteiger partial charge in [0.2, 0.25) is 0 Å². The van der Waals surface area contributed by atoms with Crippen LogP contribution >= 0.6 is 0 Å². The number of fused-ring (bicyclic) bond motifs is 1. The van der Waals surface area contributed by atoms with Crippen LogP contribution in [0.15, 0.2) is 39.8 Å². The number of sulfone groups is 1. The Labute approximate surface area is 180 Å². The van der Waals surface area contributed by atoms with Gasteiger partial charge in [0.15, 0.2) is 27.0 Å². The molecule has 31 heavy (non-hydrogen) atoms. The van der Waals surface area contributed by atoms with Crippen LogP contribution in [0.25, 0.3) is 11.0 Å². The van der Waals surface area contributed by atoms with Crippen LogP contribution in [-0.2, 0) is 22.7 Å². The minimum Gasteiger partial charge on any atom is -0.496 e. The highest BCUT2D eigenvalue weighted by Crippen LogP contribution is 2.43. The maximum atomic E-state index is 13.0. The quantitative estimate of drug-likeness (QED) is 0.617. The van der Waals surface area contributed by atoms with E-state index in [0.29, 0.717) is 35.6 Å². The summed E-state index contributed by atoms with van der Waals surface area (Å²) in [5, 5.41) is 1.03. The van der Waals surface area contributed by atoms with E-state index in [1.54, 1.807) is 25.5 Å². The third kappa shape index (κ3) is 2.96. The molecular formula is C23H23NO6S. The van der Waals surface area contributed by atoms with Gasteiger partial charge in [-0.1, -0.05) is 12.1 Å². The highest BCUT2D eigenvalue weighted by Gasteiger charge is 2.41. The summed E-state index contributed by atoms with van der Waals surface area (Å²) in [7, 11) is 1.32. The number of hydrogen-bond donors (Lipinski definition) is 0. The second kappa shape index (κ2) is 7.10. The van der Waals surface area contributed by atoms with Crippen LogP contribution in [-0.4, -0.2) is 52.7 Å². The predicted octanol–water partition coefficient (Wildman–Crippen LogP) is 3.19. The molecule has 3 aromatic rings. The minimum atomic E-state index is -3.72. The van der Waals surface area contributed by atoms with E-state index in [2.05, 4.69) is 4.90 Å². The Balaban J connectivity index is 1.71. The molecule has 162 valence electrons. The molecule has 7 nitrogen and oxygen atoms in total. The molecule has 0 amide bonds. The van der Waals surface area contributed by atoms with Crippen molar-refractivity contribution < 1.29 is 27.1 Å². The van der Waals surface area contributed by atoms with Crippen LogP contribution < -0.4 is 9.47 Å². The molecule has 1 aromatic heterocycles. The molecule has 0 radical (unpaired) electrons. The van der Waals surface area contributed by atoms with Crippen molar-refractivity contribution in [2.45, 2.75) is 23.8 Å². The fourth-order valence-corrected chi connectivity index (χ4v) is 6.59. The monoisotopic (exact) mass is 441 g/mol. The van der Waals surface area contributed by atoms with Gasteiger partial charge in [-0.05, 0) is 48.7 Å². The first-order valence-electron chi connectivity index (χ1n) is 10.1. The van der Waals surface area contributed by atoms with E-state index in [1.807, 2.05) is 19.2 Å². The zero-order chi connectivity index (χ0) is 21.9. The number of ketones is 1. The predicted molar refractivity (Wildman–Crippen MR) is 115 cm³/mol. The Hall–Kier alpha value is -2.84. The summed E-state index contributed by atoms with van der Waals surface area (Å²) in [5.74, 6) is 0.0626. The van der Waals surface area contributed by atoms with E-state index in [-0.39, 0.29) is 16.5 Å². The van der Waals surface area contributed by atoms with Crippen molar-refractivity contribution in [2.24, 2.45) is 0 Å². The van der Waals surface area contributed by atoms with Gasteiger partial charge in [-0.25, -0.2) is 8.42 Å². The lowest BCUT2D eigenvalue weighted by molar-refractivity contribution is 0.101. The first-order valence-corrected chi connectivity index (χ1v) is 11.7. The molecule has 0 saturated heterocycles. The topological polar surface area (TPSA) is 86.1 Å². The number of benzene rings is 2. The summed E-state index contributed by atoms with van der Waals surface area (Å²) >= 11 is 0. The molecule has 8 heteroatoms. The van der Waals surface area contributed by atoms with E-state index in [1.165, 1.54) is 7.11 Å². The van der Waals surface area contributed by atoms with E-state index < -0.39 is 21.4 Å². The molecule has 0 fully saturated rings. The molecule has 5 rings (SSSR count). The average molecular weight is 442 g/mol. The number of furan rings is 1. The fourth-order valence-electron chi connectivity index (χ4n) is 4.87. The molecule has 0 spiro atoms. The van der Waals surface area contributed by atoms with Crippen molar-refractivity contribution in [3.05, 3.63) is 52.8 Å². The lowest BCUT2D eigenvalue weighted by atomic mass is 9.90. The number of nitrogens with zero attached hydrogens (tertiary/aromatic N) is 1. The molecule has 0 saturated carbocycles. The largest absolute Gasteiger partial charge is 0.496 e. The Kier molecular flexibility index (Phi) is 4.60. The molecule has 0 bridgehead atoms. The molecule has 1 atom stereocenters. The molecular weight excluding hydrogens is 418 g/mol. The number of methoxy groups -OCH3 is 2. The second-order valence-electron chi connectivity index (χ2n) is 8.09. The second-order valence-corrected chi connectivity index (χ2v) is 10.0. The highest BCUT2D eigenvalue weighted by molar-refractivity contribution is 7.92. The summed E-state index contributed by atoms with van der Waals surface area (Å²) in [6.07, 6.45) is 3.11. The lowest BCUT2D eigenvalue weighted by Crippen LogP contribution is -2.30. The van der Waals surface area contributed by atoms with Crippen LogP contribution in [0.1, 0.15) is 33.1 Å². The Morgan fingerprint density at radius 2 is 1.81 bits per heavy atom. The van der Waals surface area contributed by atoms with Gasteiger partial charge in [0.25, 0.3) is 0 Å². The number of ether oxygens (including phenoxy) is 2. The third-order valence-corrected chi connectivity index (χ3v) is 8.09. The zero-order valence-corrected chi connectivity index (χ0v) is 18.4. The van der Waals surface area contributed by atoms with E-state index in [0.717, 1.165) is 22.9 Å². The number of rotatable bonds is 3. The van der Waals surface area contributed by atoms with Crippen molar-refractivity contribution in [1.29, 1.82) is 0 Å². The van der Waals surface area contributed by atoms with E-state index in [9.17, 15) is 13.2 Å². The maximum Gasteiger partial charge on any atom is 0.187 e. The van der Waals surface area contributed by atoms with Crippen LogP contribution in [0, 0.1) is 0 Å². The van der Waals surface area contributed by atoms with Crippen molar-refractivity contribution >= 4 is 26.6 Å². The highest BCUT2D eigenvalue weighted by atomic mass is 32.2. The average Bonchev–Trinajstić information content (AvgIpc) is 3.27. The summed E-state index contributed by atoms with van der Waals surface area (Å²) in [6.45, 7) is 0.713. The van der Waals surface area contributed by atoms with Gasteiger partial charge >= 0.3 is 0 Å². The van der Waals surface area contributed by atoms with Crippen molar-refractivity contribution in [2.75, 3.05) is 33.6 Å². The normalized spacial score (nSPS) is 20.4. The smallest absolute Gasteiger partial charge is 0.187 e. The van der Waals surface area contributed by atoms with Crippen LogP contribution in [0.4, 0.5) is 0 Å². The number of likely N-dealkylation sites (N-methyl/N-ethyl adjacent to an activating group) is 1. The Morgan fingerprint density at radius 3 is 2.55 bits per heavy atom. The summed E-state index contributed by atoms with van der Waals surface area (Å²) in [4.78, 5) is 14.8. The minimum absolute atomic E-state index is 0.117.